The van der Waals surface area contributed by atoms with E-state index in [-0.39, 0.29) is 34.1 Å². The number of carboxylic acid groups (broad SMARTS) is 1. The molecule has 0 radical (unpaired) electrons. The van der Waals surface area contributed by atoms with Crippen molar-refractivity contribution in [2.45, 2.75) is 37.4 Å². The van der Waals surface area contributed by atoms with Crippen LogP contribution in [0, 0.1) is 5.82 Å². The Bertz CT molecular complexity index is 1840. The summed E-state index contributed by atoms with van der Waals surface area (Å²) in [6.07, 6.45) is 1.41. The van der Waals surface area contributed by atoms with Crippen molar-refractivity contribution in [1.29, 1.82) is 0 Å². The maximum atomic E-state index is 15.0. The van der Waals surface area contributed by atoms with E-state index in [9.17, 15) is 27.9 Å². The summed E-state index contributed by atoms with van der Waals surface area (Å²) in [5.41, 5.74) is -1.01. The molecule has 1 amide bonds. The first kappa shape index (κ1) is 30.7. The van der Waals surface area contributed by atoms with E-state index in [1.165, 1.54) is 18.3 Å². The molecule has 12 heteroatoms. The second-order valence-electron chi connectivity index (χ2n) is 9.74. The zero-order valence-electron chi connectivity index (χ0n) is 22.9. The minimum Gasteiger partial charge on any atom is -0.465 e. The van der Waals surface area contributed by atoms with Crippen LogP contribution in [-0.2, 0) is 22.9 Å². The number of carbonyl (C=O) groups is 1. The van der Waals surface area contributed by atoms with Crippen molar-refractivity contribution in [3.05, 3.63) is 122 Å². The fraction of sp³-hybridized carbons (Fsp3) is 0.233. The first-order valence-electron chi connectivity index (χ1n) is 13.0. The van der Waals surface area contributed by atoms with Crippen molar-refractivity contribution in [3.8, 4) is 11.1 Å². The van der Waals surface area contributed by atoms with Gasteiger partial charge in [-0.2, -0.15) is 0 Å². The number of hydrogen-bond donors (Lipinski definition) is 1. The molecule has 42 heavy (non-hydrogen) atoms. The van der Waals surface area contributed by atoms with Gasteiger partial charge in [-0.05, 0) is 30.2 Å². The number of sulfone groups is 1. The van der Waals surface area contributed by atoms with E-state index in [1.54, 1.807) is 54.6 Å². The maximum absolute atomic E-state index is 15.0. The summed E-state index contributed by atoms with van der Waals surface area (Å²) < 4.78 is 41.9. The summed E-state index contributed by atoms with van der Waals surface area (Å²) >= 11 is 6.42. The first-order chi connectivity index (χ1) is 19.9. The van der Waals surface area contributed by atoms with Crippen LogP contribution in [-0.4, -0.2) is 46.5 Å². The predicted octanol–water partition coefficient (Wildman–Crippen LogP) is 5.05. The lowest BCUT2D eigenvalue weighted by Crippen LogP contribution is -2.45. The van der Waals surface area contributed by atoms with Gasteiger partial charge >= 0.3 is 11.8 Å². The number of rotatable bonds is 10. The second-order valence-corrected chi connectivity index (χ2v) is 12.1. The Hall–Kier alpha value is -4.22. The van der Waals surface area contributed by atoms with Gasteiger partial charge < -0.3 is 5.11 Å². The Kier molecular flexibility index (Phi) is 9.33. The Labute approximate surface area is 247 Å². The lowest BCUT2D eigenvalue weighted by Gasteiger charge is -2.30. The van der Waals surface area contributed by atoms with Gasteiger partial charge in [0.25, 0.3) is 5.56 Å². The van der Waals surface area contributed by atoms with Crippen LogP contribution in [0.3, 0.4) is 0 Å². The third-order valence-electron chi connectivity index (χ3n) is 6.83. The molecule has 1 heterocycles. The van der Waals surface area contributed by atoms with Crippen LogP contribution in [0.1, 0.15) is 30.5 Å². The molecule has 9 nitrogen and oxygen atoms in total. The molecule has 1 aromatic heterocycles. The van der Waals surface area contributed by atoms with Crippen molar-refractivity contribution in [1.82, 2.24) is 14.0 Å². The number of hydrogen-bond acceptors (Lipinski definition) is 5. The Morgan fingerprint density at radius 3 is 2.29 bits per heavy atom. The van der Waals surface area contributed by atoms with E-state index in [2.05, 4.69) is 0 Å². The van der Waals surface area contributed by atoms with Crippen LogP contribution >= 0.6 is 11.6 Å². The number of halogens is 2. The van der Waals surface area contributed by atoms with Crippen LogP contribution in [0.15, 0.2) is 93.5 Å². The number of aromatic nitrogens is 2. The van der Waals surface area contributed by atoms with Gasteiger partial charge in [0, 0.05) is 35.1 Å². The minimum atomic E-state index is -3.88. The fourth-order valence-corrected chi connectivity index (χ4v) is 6.03. The van der Waals surface area contributed by atoms with Gasteiger partial charge in [0.1, 0.15) is 5.82 Å². The number of benzene rings is 3. The zero-order valence-corrected chi connectivity index (χ0v) is 24.5. The SMILES string of the molecule is CCCN(C(=O)O)C(Cn1c(=O)c(-c2ccccc2Cl)cn(Cc2c(F)cccc2S(C)(=O)=O)c1=O)c1ccccc1. The van der Waals surface area contributed by atoms with Crippen LogP contribution in [0.5, 0.6) is 0 Å². The topological polar surface area (TPSA) is 119 Å². The molecule has 4 aromatic rings. The molecule has 1 unspecified atom stereocenters. The summed E-state index contributed by atoms with van der Waals surface area (Å²) in [5, 5.41) is 10.3. The molecule has 1 atom stereocenters. The normalized spacial score (nSPS) is 12.2. The summed E-state index contributed by atoms with van der Waals surface area (Å²) in [5.74, 6) is -0.843. The molecule has 220 valence electrons. The monoisotopic (exact) mass is 613 g/mol. The van der Waals surface area contributed by atoms with Crippen molar-refractivity contribution in [2.24, 2.45) is 0 Å². The van der Waals surface area contributed by atoms with E-state index < -0.39 is 45.6 Å². The maximum Gasteiger partial charge on any atom is 0.407 e. The van der Waals surface area contributed by atoms with E-state index in [4.69, 9.17) is 11.6 Å². The van der Waals surface area contributed by atoms with Gasteiger partial charge in [-0.1, -0.05) is 73.1 Å². The largest absolute Gasteiger partial charge is 0.465 e. The van der Waals surface area contributed by atoms with E-state index >= 15 is 4.39 Å². The molecular formula is C30H29ClFN3O6S. The number of nitrogens with zero attached hydrogens (tertiary/aromatic N) is 3. The van der Waals surface area contributed by atoms with Gasteiger partial charge in [0.15, 0.2) is 9.84 Å². The lowest BCUT2D eigenvalue weighted by atomic mass is 10.0. The van der Waals surface area contributed by atoms with Gasteiger partial charge in [-0.15, -0.1) is 0 Å². The smallest absolute Gasteiger partial charge is 0.407 e. The van der Waals surface area contributed by atoms with Crippen molar-refractivity contribution in [2.75, 3.05) is 12.8 Å². The van der Waals surface area contributed by atoms with Crippen LogP contribution in [0.25, 0.3) is 11.1 Å². The standard InChI is InChI=1S/C30H29ClFN3O6S/c1-3-16-34(30(38)39)26(20-10-5-4-6-11-20)19-35-28(36)22(21-12-7-8-13-24(21)31)17-33(29(35)37)18-23-25(32)14-9-15-27(23)42(2,40)41/h4-15,17,26H,3,16,18-19H2,1-2H3,(H,38,39). The highest BCUT2D eigenvalue weighted by molar-refractivity contribution is 7.90. The number of amides is 1. The molecular weight excluding hydrogens is 585 g/mol. The molecule has 4 rings (SSSR count). The minimum absolute atomic E-state index is 0.00150. The zero-order chi connectivity index (χ0) is 30.6. The predicted molar refractivity (Wildman–Crippen MR) is 158 cm³/mol. The lowest BCUT2D eigenvalue weighted by molar-refractivity contribution is 0.117. The molecule has 0 aliphatic heterocycles. The highest BCUT2D eigenvalue weighted by Gasteiger charge is 2.28. The molecule has 0 bridgehead atoms. The summed E-state index contributed by atoms with van der Waals surface area (Å²) in [6.45, 7) is 1.07. The fourth-order valence-electron chi connectivity index (χ4n) is 4.86. The Morgan fingerprint density at radius 1 is 1.00 bits per heavy atom. The Balaban J connectivity index is 1.99. The van der Waals surface area contributed by atoms with Crippen molar-refractivity contribution in [3.63, 3.8) is 0 Å². The van der Waals surface area contributed by atoms with E-state index in [0.29, 0.717) is 17.5 Å². The average Bonchev–Trinajstić information content (AvgIpc) is 2.95. The van der Waals surface area contributed by atoms with Crippen LogP contribution in [0.4, 0.5) is 9.18 Å². The van der Waals surface area contributed by atoms with Gasteiger partial charge in [0.05, 0.1) is 29.6 Å². The van der Waals surface area contributed by atoms with Gasteiger partial charge in [-0.25, -0.2) is 22.4 Å². The molecule has 0 spiro atoms. The molecule has 0 aliphatic carbocycles. The molecule has 0 aliphatic rings. The summed E-state index contributed by atoms with van der Waals surface area (Å²) in [4.78, 5) is 41.0. The first-order valence-corrected chi connectivity index (χ1v) is 15.3. The van der Waals surface area contributed by atoms with E-state index in [1.807, 2.05) is 6.92 Å². The van der Waals surface area contributed by atoms with Crippen LogP contribution < -0.4 is 11.2 Å². The molecule has 0 saturated carbocycles. The van der Waals surface area contributed by atoms with Crippen molar-refractivity contribution < 1.29 is 22.7 Å². The third-order valence-corrected chi connectivity index (χ3v) is 8.34. The molecule has 1 N–H and O–H groups in total. The molecule has 0 saturated heterocycles. The highest BCUT2D eigenvalue weighted by Crippen LogP contribution is 2.27. The average molecular weight is 614 g/mol. The van der Waals surface area contributed by atoms with Crippen LogP contribution in [0.2, 0.25) is 5.02 Å². The highest BCUT2D eigenvalue weighted by atomic mass is 35.5. The molecule has 3 aromatic carbocycles. The molecule has 0 fully saturated rings. The Morgan fingerprint density at radius 2 is 1.67 bits per heavy atom. The summed E-state index contributed by atoms with van der Waals surface area (Å²) in [6, 6.07) is 17.7. The van der Waals surface area contributed by atoms with E-state index in [0.717, 1.165) is 26.4 Å². The van der Waals surface area contributed by atoms with Crippen molar-refractivity contribution >= 4 is 27.5 Å². The van der Waals surface area contributed by atoms with Gasteiger partial charge in [0.2, 0.25) is 0 Å². The summed E-state index contributed by atoms with van der Waals surface area (Å²) in [7, 11) is -3.88. The third kappa shape index (κ3) is 6.47. The van der Waals surface area contributed by atoms with Gasteiger partial charge in [-0.3, -0.25) is 18.8 Å². The quantitative estimate of drug-likeness (QED) is 0.267. The second kappa shape index (κ2) is 12.7.